The quantitative estimate of drug-likeness (QED) is 0.631. The molecule has 0 spiro atoms. The summed E-state index contributed by atoms with van der Waals surface area (Å²) in [6.07, 6.45) is -3.53. The Balaban J connectivity index is 1.70. The maximum absolute atomic E-state index is 13.9. The average molecular weight is 473 g/mol. The lowest BCUT2D eigenvalue weighted by Gasteiger charge is -2.32. The van der Waals surface area contributed by atoms with Gasteiger partial charge in [0, 0.05) is 23.1 Å². The molecule has 0 unspecified atom stereocenters. The molecule has 0 bridgehead atoms. The lowest BCUT2D eigenvalue weighted by Crippen LogP contribution is -2.43. The van der Waals surface area contributed by atoms with Gasteiger partial charge in [-0.15, -0.1) is 0 Å². The summed E-state index contributed by atoms with van der Waals surface area (Å²) in [5.41, 5.74) is -0.959. The maximum Gasteiger partial charge on any atom is 0.416 e. The van der Waals surface area contributed by atoms with E-state index in [2.05, 4.69) is 21.2 Å². The second kappa shape index (κ2) is 8.52. The van der Waals surface area contributed by atoms with Crippen LogP contribution in [0.1, 0.15) is 28.8 Å². The van der Waals surface area contributed by atoms with Crippen LogP contribution in [0.5, 0.6) is 0 Å². The second-order valence-electron chi connectivity index (χ2n) is 6.78. The van der Waals surface area contributed by atoms with Crippen molar-refractivity contribution in [2.45, 2.75) is 19.0 Å². The Morgan fingerprint density at radius 3 is 2.59 bits per heavy atom. The summed E-state index contributed by atoms with van der Waals surface area (Å²) >= 11 is 3.14. The molecule has 1 heterocycles. The first-order valence-corrected chi connectivity index (χ1v) is 9.67. The van der Waals surface area contributed by atoms with Gasteiger partial charge in [0.2, 0.25) is 5.91 Å². The normalized spacial score (nSPS) is 17.1. The van der Waals surface area contributed by atoms with Crippen molar-refractivity contribution in [3.8, 4) is 0 Å². The molecule has 1 N–H and O–H groups in total. The molecule has 1 aliphatic heterocycles. The van der Waals surface area contributed by atoms with Gasteiger partial charge < -0.3 is 10.2 Å². The number of anilines is 1. The largest absolute Gasteiger partial charge is 0.416 e. The molecule has 9 heteroatoms. The van der Waals surface area contributed by atoms with Gasteiger partial charge in [-0.3, -0.25) is 9.59 Å². The lowest BCUT2D eigenvalue weighted by atomic mass is 9.96. The molecule has 3 rings (SSSR count). The summed E-state index contributed by atoms with van der Waals surface area (Å²) in [7, 11) is 0. The van der Waals surface area contributed by atoms with Crippen LogP contribution in [-0.2, 0) is 11.0 Å². The number of piperidine rings is 1. The zero-order valence-electron chi connectivity index (χ0n) is 15.1. The number of rotatable bonds is 3. The van der Waals surface area contributed by atoms with Crippen molar-refractivity contribution < 1.29 is 27.2 Å². The van der Waals surface area contributed by atoms with Crippen molar-refractivity contribution in [3.63, 3.8) is 0 Å². The summed E-state index contributed by atoms with van der Waals surface area (Å²) in [5.74, 6) is -2.18. The van der Waals surface area contributed by atoms with Gasteiger partial charge >= 0.3 is 6.18 Å². The van der Waals surface area contributed by atoms with Crippen molar-refractivity contribution >= 4 is 33.4 Å². The number of likely N-dealkylation sites (tertiary alicyclic amines) is 1. The predicted molar refractivity (Wildman–Crippen MR) is 103 cm³/mol. The topological polar surface area (TPSA) is 49.4 Å². The van der Waals surface area contributed by atoms with Crippen LogP contribution >= 0.6 is 15.9 Å². The third kappa shape index (κ3) is 5.14. The molecule has 4 nitrogen and oxygen atoms in total. The van der Waals surface area contributed by atoms with Crippen LogP contribution in [0.4, 0.5) is 23.2 Å². The van der Waals surface area contributed by atoms with E-state index in [0.717, 1.165) is 12.1 Å². The average Bonchev–Trinajstić information content (AvgIpc) is 2.69. The molecule has 2 amide bonds. The van der Waals surface area contributed by atoms with Gasteiger partial charge in [0.25, 0.3) is 5.91 Å². The standard InChI is InChI=1S/C20H17BrF4N2O2/c21-15-6-7-17(16(22)10-15)26-18(28)13-4-2-8-27(11-13)19(29)12-3-1-5-14(9-12)20(23,24)25/h1,3,5-7,9-10,13H,2,4,8,11H2,(H,26,28)/t13-/m1/s1. The monoisotopic (exact) mass is 472 g/mol. The minimum atomic E-state index is -4.55. The number of alkyl halides is 3. The third-order valence-corrected chi connectivity index (χ3v) is 5.20. The molecule has 0 aliphatic carbocycles. The van der Waals surface area contributed by atoms with E-state index in [4.69, 9.17) is 0 Å². The summed E-state index contributed by atoms with van der Waals surface area (Å²) in [6, 6.07) is 8.44. The highest BCUT2D eigenvalue weighted by Gasteiger charge is 2.33. The highest BCUT2D eigenvalue weighted by atomic mass is 79.9. The van der Waals surface area contributed by atoms with Crippen LogP contribution in [0, 0.1) is 11.7 Å². The second-order valence-corrected chi connectivity index (χ2v) is 7.70. The molecule has 154 valence electrons. The number of hydrogen-bond donors (Lipinski definition) is 1. The van der Waals surface area contributed by atoms with Crippen LogP contribution in [0.3, 0.4) is 0 Å². The fraction of sp³-hybridized carbons (Fsp3) is 0.300. The Labute approximate surface area is 173 Å². The molecule has 0 radical (unpaired) electrons. The van der Waals surface area contributed by atoms with Crippen LogP contribution in [0.25, 0.3) is 0 Å². The highest BCUT2D eigenvalue weighted by Crippen LogP contribution is 2.30. The minimum absolute atomic E-state index is 0.0273. The fourth-order valence-corrected chi connectivity index (χ4v) is 3.55. The molecule has 29 heavy (non-hydrogen) atoms. The van der Waals surface area contributed by atoms with Gasteiger partial charge in [0.05, 0.1) is 17.2 Å². The Hall–Kier alpha value is -2.42. The number of nitrogens with zero attached hydrogens (tertiary/aromatic N) is 1. The number of nitrogens with one attached hydrogen (secondary N) is 1. The van der Waals surface area contributed by atoms with E-state index >= 15 is 0 Å². The molecule has 1 aliphatic rings. The van der Waals surface area contributed by atoms with E-state index < -0.39 is 35.3 Å². The number of amides is 2. The van der Waals surface area contributed by atoms with Crippen molar-refractivity contribution in [2.75, 3.05) is 18.4 Å². The molecule has 2 aromatic rings. The van der Waals surface area contributed by atoms with E-state index in [1.807, 2.05) is 0 Å². The molecule has 0 saturated carbocycles. The van der Waals surface area contributed by atoms with E-state index in [-0.39, 0.29) is 17.8 Å². The molecule has 1 saturated heterocycles. The van der Waals surface area contributed by atoms with Crippen molar-refractivity contribution in [3.05, 3.63) is 63.9 Å². The van der Waals surface area contributed by atoms with Gasteiger partial charge in [0.1, 0.15) is 5.82 Å². The highest BCUT2D eigenvalue weighted by molar-refractivity contribution is 9.10. The van der Waals surface area contributed by atoms with Crippen LogP contribution < -0.4 is 5.32 Å². The summed E-state index contributed by atoms with van der Waals surface area (Å²) in [5, 5.41) is 2.51. The fourth-order valence-electron chi connectivity index (χ4n) is 3.21. The van der Waals surface area contributed by atoms with E-state index in [0.29, 0.717) is 23.9 Å². The summed E-state index contributed by atoms with van der Waals surface area (Å²) in [6.45, 7) is 0.393. The number of carbonyl (C=O) groups excluding carboxylic acids is 2. The summed E-state index contributed by atoms with van der Waals surface area (Å²) in [4.78, 5) is 26.5. The van der Waals surface area contributed by atoms with Crippen molar-refractivity contribution in [1.29, 1.82) is 0 Å². The third-order valence-electron chi connectivity index (χ3n) is 4.71. The van der Waals surface area contributed by atoms with E-state index in [1.54, 1.807) is 6.07 Å². The Bertz CT molecular complexity index is 933. The van der Waals surface area contributed by atoms with Crippen LogP contribution in [0.15, 0.2) is 46.9 Å². The number of halogens is 5. The zero-order chi connectivity index (χ0) is 21.2. The Morgan fingerprint density at radius 2 is 1.90 bits per heavy atom. The molecule has 1 atom stereocenters. The van der Waals surface area contributed by atoms with E-state index in [9.17, 15) is 27.2 Å². The lowest BCUT2D eigenvalue weighted by molar-refractivity contribution is -0.137. The van der Waals surface area contributed by atoms with Crippen LogP contribution in [-0.4, -0.2) is 29.8 Å². The van der Waals surface area contributed by atoms with Gasteiger partial charge in [0.15, 0.2) is 0 Å². The smallest absolute Gasteiger partial charge is 0.338 e. The van der Waals surface area contributed by atoms with Crippen molar-refractivity contribution in [2.24, 2.45) is 5.92 Å². The van der Waals surface area contributed by atoms with Crippen LogP contribution in [0.2, 0.25) is 0 Å². The van der Waals surface area contributed by atoms with Gasteiger partial charge in [-0.1, -0.05) is 22.0 Å². The molecular formula is C20H17BrF4N2O2. The minimum Gasteiger partial charge on any atom is -0.338 e. The molecule has 1 fully saturated rings. The number of carbonyl (C=O) groups is 2. The first-order chi connectivity index (χ1) is 13.6. The molecular weight excluding hydrogens is 456 g/mol. The Morgan fingerprint density at radius 1 is 1.14 bits per heavy atom. The van der Waals surface area contributed by atoms with Crippen molar-refractivity contribution in [1.82, 2.24) is 4.90 Å². The summed E-state index contributed by atoms with van der Waals surface area (Å²) < 4.78 is 53.2. The first-order valence-electron chi connectivity index (χ1n) is 8.87. The predicted octanol–water partition coefficient (Wildman–Crippen LogP) is 5.10. The zero-order valence-corrected chi connectivity index (χ0v) is 16.7. The van der Waals surface area contributed by atoms with Gasteiger partial charge in [-0.25, -0.2) is 4.39 Å². The van der Waals surface area contributed by atoms with Gasteiger partial charge in [-0.2, -0.15) is 13.2 Å². The first kappa shape index (κ1) is 21.3. The molecule has 2 aromatic carbocycles. The van der Waals surface area contributed by atoms with E-state index in [1.165, 1.54) is 29.2 Å². The maximum atomic E-state index is 13.9. The molecule has 0 aromatic heterocycles. The number of benzene rings is 2. The van der Waals surface area contributed by atoms with Gasteiger partial charge in [-0.05, 0) is 49.2 Å². The SMILES string of the molecule is O=C(Nc1ccc(Br)cc1F)[C@@H]1CCCN(C(=O)c2cccc(C(F)(F)F)c2)C1. The Kier molecular flexibility index (Phi) is 6.26. The number of hydrogen-bond acceptors (Lipinski definition) is 2.